The second kappa shape index (κ2) is 9.53. The quantitative estimate of drug-likeness (QED) is 0.893. The van der Waals surface area contributed by atoms with E-state index in [-0.39, 0.29) is 36.8 Å². The molecule has 0 saturated carbocycles. The molecule has 1 aromatic rings. The number of carbonyl (C=O) groups is 1. The van der Waals surface area contributed by atoms with Crippen LogP contribution in [0.4, 0.5) is 0 Å². The maximum Gasteiger partial charge on any atom is 0.237 e. The Kier molecular flexibility index (Phi) is 9.35. The standard InChI is InChI=1S/C12H19N3OS.2ClH/c1-2-11-15-9(8-17-11)7-14-12(16)10-5-3-4-6-13-10;;/h8,10,13H,2-7H2,1H3,(H,14,16);2*1H/t10-;;/m0../s1. The fraction of sp³-hybridized carbons (Fsp3) is 0.667. The minimum Gasteiger partial charge on any atom is -0.349 e. The highest BCUT2D eigenvalue weighted by atomic mass is 35.5. The summed E-state index contributed by atoms with van der Waals surface area (Å²) in [7, 11) is 0. The summed E-state index contributed by atoms with van der Waals surface area (Å²) >= 11 is 1.66. The van der Waals surface area contributed by atoms with Crippen molar-refractivity contribution >= 4 is 42.1 Å². The number of aromatic nitrogens is 1. The third-order valence-electron chi connectivity index (χ3n) is 2.97. The van der Waals surface area contributed by atoms with Crippen LogP contribution in [0.25, 0.3) is 0 Å². The molecule has 7 heteroatoms. The van der Waals surface area contributed by atoms with Crippen molar-refractivity contribution in [3.05, 3.63) is 16.1 Å². The van der Waals surface area contributed by atoms with Gasteiger partial charge in [-0.3, -0.25) is 4.79 Å². The van der Waals surface area contributed by atoms with Crippen molar-refractivity contribution in [3.8, 4) is 0 Å². The molecule has 2 N–H and O–H groups in total. The lowest BCUT2D eigenvalue weighted by Gasteiger charge is -2.22. The largest absolute Gasteiger partial charge is 0.349 e. The van der Waals surface area contributed by atoms with E-state index in [1.165, 1.54) is 6.42 Å². The minimum absolute atomic E-state index is 0. The molecule has 1 fully saturated rings. The second-order valence-electron chi connectivity index (χ2n) is 4.31. The summed E-state index contributed by atoms with van der Waals surface area (Å²) in [5.41, 5.74) is 0.969. The van der Waals surface area contributed by atoms with Gasteiger partial charge in [0.15, 0.2) is 0 Å². The molecule has 1 saturated heterocycles. The van der Waals surface area contributed by atoms with Gasteiger partial charge in [-0.05, 0) is 25.8 Å². The molecule has 0 radical (unpaired) electrons. The third kappa shape index (κ3) is 5.65. The van der Waals surface area contributed by atoms with Gasteiger partial charge >= 0.3 is 0 Å². The van der Waals surface area contributed by atoms with Crippen LogP contribution in [0.3, 0.4) is 0 Å². The van der Waals surface area contributed by atoms with Crippen molar-refractivity contribution in [2.75, 3.05) is 6.54 Å². The van der Waals surface area contributed by atoms with Crippen LogP contribution in [0.5, 0.6) is 0 Å². The van der Waals surface area contributed by atoms with Gasteiger partial charge in [0.1, 0.15) is 0 Å². The highest BCUT2D eigenvalue weighted by Crippen LogP contribution is 2.10. The van der Waals surface area contributed by atoms with Crippen molar-refractivity contribution in [1.29, 1.82) is 0 Å². The van der Waals surface area contributed by atoms with Crippen molar-refractivity contribution in [1.82, 2.24) is 15.6 Å². The van der Waals surface area contributed by atoms with Crippen molar-refractivity contribution in [3.63, 3.8) is 0 Å². The number of nitrogens with zero attached hydrogens (tertiary/aromatic N) is 1. The molecule has 0 spiro atoms. The van der Waals surface area contributed by atoms with Gasteiger partial charge in [-0.1, -0.05) is 13.3 Å². The number of nitrogens with one attached hydrogen (secondary N) is 2. The van der Waals surface area contributed by atoms with E-state index >= 15 is 0 Å². The minimum atomic E-state index is -0.00645. The number of thiazole rings is 1. The molecule has 1 atom stereocenters. The molecule has 2 rings (SSSR count). The summed E-state index contributed by atoms with van der Waals surface area (Å²) in [6, 6.07) is -0.00645. The lowest BCUT2D eigenvalue weighted by Crippen LogP contribution is -2.46. The van der Waals surface area contributed by atoms with Crippen LogP contribution < -0.4 is 10.6 Å². The number of hydrogen-bond donors (Lipinski definition) is 2. The molecule has 1 aromatic heterocycles. The number of rotatable bonds is 4. The maximum atomic E-state index is 11.8. The Balaban J connectivity index is 0.00000162. The zero-order valence-electron chi connectivity index (χ0n) is 11.0. The Bertz CT molecular complexity index is 381. The first kappa shape index (κ1) is 18.6. The van der Waals surface area contributed by atoms with Gasteiger partial charge in [0.05, 0.1) is 23.3 Å². The van der Waals surface area contributed by atoms with Crippen LogP contribution in [0.1, 0.15) is 36.9 Å². The topological polar surface area (TPSA) is 54.0 Å². The summed E-state index contributed by atoms with van der Waals surface area (Å²) in [5, 5.41) is 9.34. The van der Waals surface area contributed by atoms with Gasteiger partial charge in [0.2, 0.25) is 5.91 Å². The summed E-state index contributed by atoms with van der Waals surface area (Å²) in [6.07, 6.45) is 4.23. The van der Waals surface area contributed by atoms with E-state index < -0.39 is 0 Å². The van der Waals surface area contributed by atoms with Gasteiger partial charge < -0.3 is 10.6 Å². The normalized spacial score (nSPS) is 18.1. The Hall–Kier alpha value is -0.360. The second-order valence-corrected chi connectivity index (χ2v) is 5.25. The Morgan fingerprint density at radius 3 is 2.89 bits per heavy atom. The maximum absolute atomic E-state index is 11.8. The van der Waals surface area contributed by atoms with Crippen molar-refractivity contribution in [2.24, 2.45) is 0 Å². The Morgan fingerprint density at radius 2 is 2.32 bits per heavy atom. The number of carbonyl (C=O) groups excluding carboxylic acids is 1. The van der Waals surface area contributed by atoms with Crippen LogP contribution in [-0.4, -0.2) is 23.5 Å². The molecular weight excluding hydrogens is 305 g/mol. The molecule has 0 aromatic carbocycles. The molecule has 2 heterocycles. The molecule has 1 aliphatic heterocycles. The highest BCUT2D eigenvalue weighted by molar-refractivity contribution is 7.09. The van der Waals surface area contributed by atoms with E-state index in [1.54, 1.807) is 11.3 Å². The van der Waals surface area contributed by atoms with Crippen LogP contribution in [0.15, 0.2) is 5.38 Å². The predicted octanol–water partition coefficient (Wildman–Crippen LogP) is 2.31. The lowest BCUT2D eigenvalue weighted by atomic mass is 10.0. The number of hydrogen-bond acceptors (Lipinski definition) is 4. The molecule has 4 nitrogen and oxygen atoms in total. The van der Waals surface area contributed by atoms with Gasteiger partial charge in [-0.2, -0.15) is 0 Å². The fourth-order valence-electron chi connectivity index (χ4n) is 1.97. The van der Waals surface area contributed by atoms with Crippen LogP contribution in [0, 0.1) is 0 Å². The van der Waals surface area contributed by atoms with Crippen molar-refractivity contribution in [2.45, 2.75) is 45.2 Å². The van der Waals surface area contributed by atoms with Gasteiger partial charge in [0, 0.05) is 5.38 Å². The molecular formula is C12H21Cl2N3OS. The zero-order chi connectivity index (χ0) is 12.1. The molecule has 19 heavy (non-hydrogen) atoms. The average molecular weight is 326 g/mol. The SMILES string of the molecule is CCc1nc(CNC(=O)[C@@H]2CCCCN2)cs1.Cl.Cl. The lowest BCUT2D eigenvalue weighted by molar-refractivity contribution is -0.123. The van der Waals surface area contributed by atoms with Gasteiger partial charge in [0.25, 0.3) is 0 Å². The molecule has 0 aliphatic carbocycles. The van der Waals surface area contributed by atoms with E-state index in [2.05, 4.69) is 22.5 Å². The van der Waals surface area contributed by atoms with E-state index in [4.69, 9.17) is 0 Å². The first-order valence-corrected chi connectivity index (χ1v) is 7.12. The first-order chi connectivity index (χ1) is 8.29. The number of amides is 1. The monoisotopic (exact) mass is 325 g/mol. The fourth-order valence-corrected chi connectivity index (χ4v) is 2.71. The molecule has 1 amide bonds. The van der Waals surface area contributed by atoms with E-state index in [0.717, 1.165) is 36.5 Å². The number of aryl methyl sites for hydroxylation is 1. The Labute approximate surface area is 130 Å². The summed E-state index contributed by atoms with van der Waals surface area (Å²) in [6.45, 7) is 3.59. The van der Waals surface area contributed by atoms with E-state index in [0.29, 0.717) is 6.54 Å². The highest BCUT2D eigenvalue weighted by Gasteiger charge is 2.19. The summed E-state index contributed by atoms with van der Waals surface area (Å²) in [5.74, 6) is 0.107. The van der Waals surface area contributed by atoms with Gasteiger partial charge in [-0.25, -0.2) is 4.98 Å². The molecule has 110 valence electrons. The van der Waals surface area contributed by atoms with Crippen LogP contribution in [-0.2, 0) is 17.8 Å². The van der Waals surface area contributed by atoms with Gasteiger partial charge in [-0.15, -0.1) is 36.2 Å². The molecule has 1 aliphatic rings. The van der Waals surface area contributed by atoms with Crippen LogP contribution >= 0.6 is 36.2 Å². The number of halogens is 2. The predicted molar refractivity (Wildman–Crippen MR) is 83.5 cm³/mol. The molecule has 0 bridgehead atoms. The average Bonchev–Trinajstić information content (AvgIpc) is 2.85. The summed E-state index contributed by atoms with van der Waals surface area (Å²) in [4.78, 5) is 16.3. The van der Waals surface area contributed by atoms with Crippen LogP contribution in [0.2, 0.25) is 0 Å². The molecule has 0 unspecified atom stereocenters. The van der Waals surface area contributed by atoms with E-state index in [9.17, 15) is 4.79 Å². The smallest absolute Gasteiger partial charge is 0.237 e. The van der Waals surface area contributed by atoms with E-state index in [1.807, 2.05) is 5.38 Å². The third-order valence-corrected chi connectivity index (χ3v) is 4.01. The zero-order valence-corrected chi connectivity index (χ0v) is 13.4. The van der Waals surface area contributed by atoms with Crippen molar-refractivity contribution < 1.29 is 4.79 Å². The Morgan fingerprint density at radius 1 is 1.53 bits per heavy atom. The first-order valence-electron chi connectivity index (χ1n) is 6.24. The summed E-state index contributed by atoms with van der Waals surface area (Å²) < 4.78 is 0. The number of piperidine rings is 1.